The average Bonchev–Trinajstić information content (AvgIpc) is 2.78. The summed E-state index contributed by atoms with van der Waals surface area (Å²) < 4.78 is 0. The summed E-state index contributed by atoms with van der Waals surface area (Å²) in [4.78, 5) is 17.8. The predicted octanol–water partition coefficient (Wildman–Crippen LogP) is 1.16. The summed E-state index contributed by atoms with van der Waals surface area (Å²) >= 11 is 0. The predicted molar refractivity (Wildman–Crippen MR) is 135 cm³/mol. The lowest BCUT2D eigenvalue weighted by atomic mass is 10.2. The summed E-state index contributed by atoms with van der Waals surface area (Å²) in [6, 6.07) is 11.9. The van der Waals surface area contributed by atoms with E-state index in [-0.39, 0.29) is 12.2 Å². The molecule has 1 aliphatic heterocycles. The Balaban J connectivity index is 1.32. The van der Waals surface area contributed by atoms with Crippen molar-refractivity contribution in [1.82, 2.24) is 29.6 Å². The van der Waals surface area contributed by atoms with Crippen LogP contribution in [0.4, 0.5) is 0 Å². The third-order valence-corrected chi connectivity index (χ3v) is 6.20. The maximum atomic E-state index is 10.6. The minimum Gasteiger partial charge on any atom is -0.390 e. The maximum absolute atomic E-state index is 10.6. The molecule has 1 saturated heterocycles. The zero-order valence-corrected chi connectivity index (χ0v) is 20.8. The molecule has 0 radical (unpaired) electrons. The Labute approximate surface area is 204 Å². The molecule has 2 unspecified atom stereocenters. The van der Waals surface area contributed by atoms with Gasteiger partial charge in [0.05, 0.1) is 23.6 Å². The molecule has 2 aromatic rings. The van der Waals surface area contributed by atoms with E-state index in [1.807, 2.05) is 62.9 Å². The van der Waals surface area contributed by atoms with Crippen molar-refractivity contribution in [2.45, 2.75) is 38.1 Å². The van der Waals surface area contributed by atoms with Gasteiger partial charge in [-0.25, -0.2) is 0 Å². The van der Waals surface area contributed by atoms with Crippen molar-refractivity contribution >= 4 is 0 Å². The van der Waals surface area contributed by atoms with Gasteiger partial charge in [0.2, 0.25) is 0 Å². The van der Waals surface area contributed by atoms with Crippen LogP contribution in [0.15, 0.2) is 48.8 Å². The molecule has 2 aromatic heterocycles. The van der Waals surface area contributed by atoms with Gasteiger partial charge in [-0.15, -0.1) is 0 Å². The maximum Gasteiger partial charge on any atom is 0.0793 e. The van der Waals surface area contributed by atoms with Crippen molar-refractivity contribution in [3.63, 3.8) is 0 Å². The number of aliphatic hydroxyl groups is 2. The van der Waals surface area contributed by atoms with Gasteiger partial charge >= 0.3 is 0 Å². The van der Waals surface area contributed by atoms with Gasteiger partial charge in [-0.05, 0) is 77.4 Å². The fourth-order valence-corrected chi connectivity index (χ4v) is 4.72. The number of pyridine rings is 2. The van der Waals surface area contributed by atoms with Crippen molar-refractivity contribution in [3.8, 4) is 0 Å². The van der Waals surface area contributed by atoms with Crippen LogP contribution in [0.5, 0.6) is 0 Å². The summed E-state index contributed by atoms with van der Waals surface area (Å²) in [7, 11) is 4.06. The number of aliphatic hydroxyl groups excluding tert-OH is 2. The Bertz CT molecular complexity index is 721. The van der Waals surface area contributed by atoms with Gasteiger partial charge in [0.15, 0.2) is 0 Å². The lowest BCUT2D eigenvalue weighted by molar-refractivity contribution is 0.0560. The Kier molecular flexibility index (Phi) is 11.3. The number of aromatic nitrogens is 2. The third kappa shape index (κ3) is 10.1. The fraction of sp³-hybridized carbons (Fsp3) is 0.615. The lowest BCUT2D eigenvalue weighted by Crippen LogP contribution is -2.45. The van der Waals surface area contributed by atoms with E-state index in [1.165, 1.54) is 0 Å². The topological polar surface area (TPSA) is 79.2 Å². The van der Waals surface area contributed by atoms with E-state index in [0.717, 1.165) is 63.5 Å². The average molecular weight is 471 g/mol. The highest BCUT2D eigenvalue weighted by Crippen LogP contribution is 2.08. The highest BCUT2D eigenvalue weighted by atomic mass is 16.3. The van der Waals surface area contributed by atoms with Crippen LogP contribution < -0.4 is 0 Å². The second-order valence-corrected chi connectivity index (χ2v) is 9.65. The van der Waals surface area contributed by atoms with E-state index in [1.54, 1.807) is 0 Å². The number of hydrogen-bond donors (Lipinski definition) is 2. The summed E-state index contributed by atoms with van der Waals surface area (Å²) in [6.07, 6.45) is 4.96. The first-order valence-electron chi connectivity index (χ1n) is 12.5. The van der Waals surface area contributed by atoms with Crippen molar-refractivity contribution < 1.29 is 10.2 Å². The number of likely N-dealkylation sites (N-methyl/N-ethyl adjacent to an activating group) is 2. The normalized spacial score (nSPS) is 18.1. The molecule has 3 heterocycles. The van der Waals surface area contributed by atoms with Crippen LogP contribution in [-0.4, -0.2) is 118 Å². The van der Waals surface area contributed by atoms with Gasteiger partial charge in [-0.3, -0.25) is 19.8 Å². The van der Waals surface area contributed by atoms with Gasteiger partial charge in [-0.1, -0.05) is 12.1 Å². The minimum absolute atomic E-state index is 0.374. The van der Waals surface area contributed by atoms with Gasteiger partial charge in [0.25, 0.3) is 0 Å². The Morgan fingerprint density at radius 3 is 1.50 bits per heavy atom. The van der Waals surface area contributed by atoms with Gasteiger partial charge < -0.3 is 20.0 Å². The number of hydrogen-bond acceptors (Lipinski definition) is 8. The summed E-state index contributed by atoms with van der Waals surface area (Å²) in [5.74, 6) is 0. The van der Waals surface area contributed by atoms with Gasteiger partial charge in [-0.2, -0.15) is 0 Å². The number of rotatable bonds is 12. The molecule has 0 bridgehead atoms. The first kappa shape index (κ1) is 26.7. The van der Waals surface area contributed by atoms with E-state index < -0.39 is 0 Å². The summed E-state index contributed by atoms with van der Waals surface area (Å²) in [5, 5.41) is 21.2. The van der Waals surface area contributed by atoms with Crippen molar-refractivity contribution in [3.05, 3.63) is 60.2 Å². The molecule has 3 rings (SSSR count). The molecular formula is C26H42N6O2. The fourth-order valence-electron chi connectivity index (χ4n) is 4.72. The van der Waals surface area contributed by atoms with E-state index >= 15 is 0 Å². The highest BCUT2D eigenvalue weighted by Gasteiger charge is 2.19. The molecule has 1 aliphatic rings. The smallest absolute Gasteiger partial charge is 0.0793 e. The molecule has 0 aliphatic carbocycles. The Hall–Kier alpha value is -1.94. The first-order valence-corrected chi connectivity index (χ1v) is 12.5. The van der Waals surface area contributed by atoms with E-state index in [2.05, 4.69) is 29.6 Å². The number of β-amino-alcohol motifs (C(OH)–C–C–N with tert-alkyl or cyclic N) is 2. The minimum atomic E-state index is -0.374. The number of nitrogens with zero attached hydrogens (tertiary/aromatic N) is 6. The zero-order chi connectivity index (χ0) is 24.2. The van der Waals surface area contributed by atoms with Crippen LogP contribution in [0.1, 0.15) is 24.2 Å². The molecule has 0 saturated carbocycles. The molecule has 0 spiro atoms. The molecule has 8 nitrogen and oxygen atoms in total. The van der Waals surface area contributed by atoms with Crippen LogP contribution in [0.25, 0.3) is 0 Å². The zero-order valence-electron chi connectivity index (χ0n) is 20.8. The first-order chi connectivity index (χ1) is 16.5. The summed E-state index contributed by atoms with van der Waals surface area (Å²) in [5.41, 5.74) is 2.04. The molecule has 8 heteroatoms. The Morgan fingerprint density at radius 1 is 0.735 bits per heavy atom. The largest absolute Gasteiger partial charge is 0.390 e. The van der Waals surface area contributed by atoms with E-state index in [4.69, 9.17) is 0 Å². The molecule has 2 N–H and O–H groups in total. The molecule has 34 heavy (non-hydrogen) atoms. The monoisotopic (exact) mass is 470 g/mol. The Morgan fingerprint density at radius 2 is 1.15 bits per heavy atom. The summed E-state index contributed by atoms with van der Waals surface area (Å²) in [6.45, 7) is 8.08. The van der Waals surface area contributed by atoms with Crippen molar-refractivity contribution in [1.29, 1.82) is 0 Å². The molecule has 1 fully saturated rings. The molecule has 2 atom stereocenters. The highest BCUT2D eigenvalue weighted by molar-refractivity contribution is 5.03. The second kappa shape index (κ2) is 14.5. The van der Waals surface area contributed by atoms with Crippen molar-refractivity contribution in [2.24, 2.45) is 0 Å². The third-order valence-electron chi connectivity index (χ3n) is 6.20. The van der Waals surface area contributed by atoms with E-state index in [9.17, 15) is 10.2 Å². The van der Waals surface area contributed by atoms with Crippen LogP contribution >= 0.6 is 0 Å². The SMILES string of the molecule is CN(Cc1ccccn1)CC(O)CN1CCCN(CC(O)CN(C)Cc2ccccn2)CCC1. The van der Waals surface area contributed by atoms with Gasteiger partial charge in [0.1, 0.15) is 0 Å². The molecule has 188 valence electrons. The second-order valence-electron chi connectivity index (χ2n) is 9.65. The van der Waals surface area contributed by atoms with Crippen LogP contribution in [0, 0.1) is 0 Å². The lowest BCUT2D eigenvalue weighted by Gasteiger charge is -2.33. The van der Waals surface area contributed by atoms with E-state index in [0.29, 0.717) is 26.2 Å². The molecule has 0 aromatic carbocycles. The quantitative estimate of drug-likeness (QED) is 0.479. The standard InChI is InChI=1S/C26H42N6O2/c1-29(17-23-9-3-5-11-27-23)19-25(33)21-31-13-7-15-32(16-8-14-31)22-26(34)20-30(2)18-24-10-4-6-12-28-24/h3-6,9-12,25-26,33-34H,7-8,13-22H2,1-2H3. The van der Waals surface area contributed by atoms with Crippen LogP contribution in [0.2, 0.25) is 0 Å². The van der Waals surface area contributed by atoms with Gasteiger partial charge in [0, 0.05) is 51.7 Å². The van der Waals surface area contributed by atoms with Crippen LogP contribution in [0.3, 0.4) is 0 Å². The van der Waals surface area contributed by atoms with Crippen molar-refractivity contribution in [2.75, 3.05) is 66.5 Å². The van der Waals surface area contributed by atoms with Crippen LogP contribution in [-0.2, 0) is 13.1 Å². The molecule has 0 amide bonds. The molecular weight excluding hydrogens is 428 g/mol.